The van der Waals surface area contributed by atoms with Crippen LogP contribution in [-0.2, 0) is 14.0 Å². The predicted molar refractivity (Wildman–Crippen MR) is 115 cm³/mol. The van der Waals surface area contributed by atoms with Gasteiger partial charge in [0.25, 0.3) is 0 Å². The number of aromatic nitrogens is 2. The Morgan fingerprint density at radius 1 is 1.00 bits per heavy atom. The number of rotatable bonds is 4. The van der Waals surface area contributed by atoms with E-state index in [0.29, 0.717) is 16.5 Å². The molecule has 2 heterocycles. The van der Waals surface area contributed by atoms with Crippen LogP contribution in [0.2, 0.25) is 0 Å². The standard InChI is InChI=1S/C19H30B2N2O4S/c1-16(2,3)17(4,5)25-20(24)12-10-11-13(15-14(12)22-28-23-15)21-26-18(6,7)19(8,9)27-21/h10-11,24H,1-9H3. The third-order valence-corrected chi connectivity index (χ3v) is 6.99. The van der Waals surface area contributed by atoms with Gasteiger partial charge in [-0.25, -0.2) is 0 Å². The highest BCUT2D eigenvalue weighted by Crippen LogP contribution is 2.37. The molecule has 3 rings (SSSR count). The normalized spacial score (nSPS) is 19.4. The van der Waals surface area contributed by atoms with Gasteiger partial charge in [-0.05, 0) is 47.0 Å². The van der Waals surface area contributed by atoms with Gasteiger partial charge in [-0.3, -0.25) is 0 Å². The van der Waals surface area contributed by atoms with Crippen molar-refractivity contribution < 1.29 is 19.0 Å². The van der Waals surface area contributed by atoms with E-state index in [-0.39, 0.29) is 5.41 Å². The Morgan fingerprint density at radius 2 is 1.54 bits per heavy atom. The average Bonchev–Trinajstić information content (AvgIpc) is 3.07. The maximum atomic E-state index is 10.8. The average molecular weight is 404 g/mol. The van der Waals surface area contributed by atoms with Gasteiger partial charge in [-0.15, -0.1) is 0 Å². The van der Waals surface area contributed by atoms with Crippen molar-refractivity contribution in [1.82, 2.24) is 8.75 Å². The van der Waals surface area contributed by atoms with E-state index in [4.69, 9.17) is 14.0 Å². The van der Waals surface area contributed by atoms with E-state index in [0.717, 1.165) is 17.2 Å². The fraction of sp³-hybridized carbons (Fsp3) is 0.684. The fourth-order valence-corrected chi connectivity index (χ4v) is 3.37. The van der Waals surface area contributed by atoms with Crippen LogP contribution in [0.25, 0.3) is 11.0 Å². The summed E-state index contributed by atoms with van der Waals surface area (Å²) in [5.41, 5.74) is 1.15. The van der Waals surface area contributed by atoms with E-state index in [1.807, 2.05) is 53.7 Å². The van der Waals surface area contributed by atoms with Gasteiger partial charge in [-0.2, -0.15) is 8.75 Å². The van der Waals surface area contributed by atoms with Crippen LogP contribution >= 0.6 is 11.7 Å². The van der Waals surface area contributed by atoms with Gasteiger partial charge in [0.2, 0.25) is 0 Å². The molecule has 1 fully saturated rings. The van der Waals surface area contributed by atoms with Crippen molar-refractivity contribution in [3.63, 3.8) is 0 Å². The predicted octanol–water partition coefficient (Wildman–Crippen LogP) is 2.52. The minimum Gasteiger partial charge on any atom is -0.423 e. The first-order valence-corrected chi connectivity index (χ1v) is 10.4. The first-order valence-electron chi connectivity index (χ1n) is 9.63. The summed E-state index contributed by atoms with van der Waals surface area (Å²) in [6, 6.07) is 3.71. The molecule has 6 nitrogen and oxygen atoms in total. The molecule has 0 bridgehead atoms. The highest BCUT2D eigenvalue weighted by atomic mass is 32.1. The Labute approximate surface area is 172 Å². The summed E-state index contributed by atoms with van der Waals surface area (Å²) < 4.78 is 27.2. The molecular weight excluding hydrogens is 374 g/mol. The third-order valence-electron chi connectivity index (χ3n) is 6.46. The zero-order chi connectivity index (χ0) is 21.1. The van der Waals surface area contributed by atoms with Crippen molar-refractivity contribution in [1.29, 1.82) is 0 Å². The minimum absolute atomic E-state index is 0.143. The quantitative estimate of drug-likeness (QED) is 0.790. The number of nitrogens with zero attached hydrogens (tertiary/aromatic N) is 2. The summed E-state index contributed by atoms with van der Waals surface area (Å²) in [5, 5.41) is 10.8. The zero-order valence-electron chi connectivity index (χ0n) is 18.3. The Balaban J connectivity index is 1.95. The van der Waals surface area contributed by atoms with E-state index in [2.05, 4.69) is 29.5 Å². The maximum absolute atomic E-state index is 10.8. The van der Waals surface area contributed by atoms with Crippen LogP contribution in [0.5, 0.6) is 0 Å². The Hall–Kier alpha value is -0.990. The molecule has 0 amide bonds. The molecule has 1 N–H and O–H groups in total. The van der Waals surface area contributed by atoms with Crippen molar-refractivity contribution in [2.45, 2.75) is 79.1 Å². The van der Waals surface area contributed by atoms with Gasteiger partial charge < -0.3 is 19.0 Å². The molecule has 28 heavy (non-hydrogen) atoms. The summed E-state index contributed by atoms with van der Waals surface area (Å²) in [4.78, 5) is 0. The van der Waals surface area contributed by atoms with E-state index >= 15 is 0 Å². The van der Waals surface area contributed by atoms with Crippen LogP contribution in [-0.4, -0.2) is 44.8 Å². The largest absolute Gasteiger partial charge is 0.497 e. The van der Waals surface area contributed by atoms with Crippen molar-refractivity contribution in [2.75, 3.05) is 0 Å². The second-order valence-electron chi connectivity index (χ2n) is 10.0. The third kappa shape index (κ3) is 3.63. The van der Waals surface area contributed by atoms with Gasteiger partial charge in [0.15, 0.2) is 0 Å². The van der Waals surface area contributed by atoms with Crippen molar-refractivity contribution >= 4 is 47.9 Å². The Bertz CT molecular complexity index is 860. The van der Waals surface area contributed by atoms with Gasteiger partial charge >= 0.3 is 14.2 Å². The molecule has 0 spiro atoms. The lowest BCUT2D eigenvalue weighted by Gasteiger charge is -2.40. The maximum Gasteiger partial charge on any atom is 0.497 e. The molecule has 9 heteroatoms. The molecule has 1 aromatic heterocycles. The molecule has 152 valence electrons. The molecule has 2 aromatic rings. The van der Waals surface area contributed by atoms with Crippen LogP contribution < -0.4 is 10.9 Å². The van der Waals surface area contributed by atoms with Gasteiger partial charge in [0.05, 0.1) is 28.5 Å². The number of fused-ring (bicyclic) bond motifs is 1. The summed E-state index contributed by atoms with van der Waals surface area (Å²) in [6.07, 6.45) is 0. The van der Waals surface area contributed by atoms with Crippen LogP contribution in [0.3, 0.4) is 0 Å². The highest BCUT2D eigenvalue weighted by Gasteiger charge is 2.52. The van der Waals surface area contributed by atoms with Crippen molar-refractivity contribution in [3.05, 3.63) is 12.1 Å². The van der Waals surface area contributed by atoms with Gasteiger partial charge in [0.1, 0.15) is 11.0 Å². The Kier molecular flexibility index (Phi) is 5.25. The van der Waals surface area contributed by atoms with Gasteiger partial charge in [0, 0.05) is 10.9 Å². The van der Waals surface area contributed by atoms with E-state index in [1.54, 1.807) is 0 Å². The zero-order valence-corrected chi connectivity index (χ0v) is 19.1. The van der Waals surface area contributed by atoms with Crippen LogP contribution in [0, 0.1) is 5.41 Å². The molecule has 0 aliphatic carbocycles. The van der Waals surface area contributed by atoms with Crippen LogP contribution in [0.1, 0.15) is 62.3 Å². The highest BCUT2D eigenvalue weighted by molar-refractivity contribution is 7.00. The lowest BCUT2D eigenvalue weighted by atomic mass is 9.70. The molecule has 0 atom stereocenters. The smallest absolute Gasteiger partial charge is 0.423 e. The topological polar surface area (TPSA) is 73.7 Å². The Morgan fingerprint density at radius 3 is 2.07 bits per heavy atom. The lowest BCUT2D eigenvalue weighted by Crippen LogP contribution is -2.49. The van der Waals surface area contributed by atoms with E-state index in [1.165, 1.54) is 0 Å². The first kappa shape index (κ1) is 21.7. The first-order chi connectivity index (χ1) is 12.7. The number of benzene rings is 1. The monoisotopic (exact) mass is 404 g/mol. The molecular formula is C19H30B2N2O4S. The summed E-state index contributed by atoms with van der Waals surface area (Å²) >= 11 is 1.10. The molecule has 0 saturated carbocycles. The van der Waals surface area contributed by atoms with Crippen molar-refractivity contribution in [3.8, 4) is 0 Å². The van der Waals surface area contributed by atoms with Crippen LogP contribution in [0.4, 0.5) is 0 Å². The lowest BCUT2D eigenvalue weighted by molar-refractivity contribution is -0.0128. The van der Waals surface area contributed by atoms with Gasteiger partial charge in [-0.1, -0.05) is 32.9 Å². The molecule has 0 radical (unpaired) electrons. The summed E-state index contributed by atoms with van der Waals surface area (Å²) in [7, 11) is -1.64. The molecule has 1 saturated heterocycles. The SMILES string of the molecule is CC(C)(C)C(C)(C)OB(O)c1ccc(B2OC(C)(C)C(C)(C)O2)c2nsnc12. The second kappa shape index (κ2) is 6.77. The molecule has 1 aromatic carbocycles. The minimum atomic E-state index is -1.10. The van der Waals surface area contributed by atoms with E-state index in [9.17, 15) is 5.02 Å². The fourth-order valence-electron chi connectivity index (χ4n) is 2.78. The van der Waals surface area contributed by atoms with Crippen molar-refractivity contribution in [2.24, 2.45) is 5.41 Å². The van der Waals surface area contributed by atoms with E-state index < -0.39 is 31.0 Å². The van der Waals surface area contributed by atoms with Crippen LogP contribution in [0.15, 0.2) is 12.1 Å². The molecule has 0 unspecified atom stereocenters. The number of hydrogen-bond acceptors (Lipinski definition) is 7. The summed E-state index contributed by atoms with van der Waals surface area (Å²) in [5.74, 6) is 0. The molecule has 1 aliphatic heterocycles. The summed E-state index contributed by atoms with van der Waals surface area (Å²) in [6.45, 7) is 18.3. The second-order valence-corrected chi connectivity index (χ2v) is 10.6. The molecule has 1 aliphatic rings. The number of hydrogen-bond donors (Lipinski definition) is 1.